The molecule has 0 heterocycles. The van der Waals surface area contributed by atoms with Gasteiger partial charge in [0.25, 0.3) is 0 Å². The van der Waals surface area contributed by atoms with Gasteiger partial charge in [0, 0.05) is 19.5 Å². The minimum atomic E-state index is 0.115. The summed E-state index contributed by atoms with van der Waals surface area (Å²) in [5.41, 5.74) is 0. The van der Waals surface area contributed by atoms with E-state index in [2.05, 4.69) is 17.6 Å². The number of rotatable bonds is 9. The van der Waals surface area contributed by atoms with Crippen LogP contribution in [0.5, 0.6) is 0 Å². The Labute approximate surface area is 85.4 Å². The molecule has 0 fully saturated rings. The van der Waals surface area contributed by atoms with Crippen LogP contribution in [-0.4, -0.2) is 25.4 Å². The number of unbranched alkanes of at least 4 members (excludes halogenated alkanes) is 2. The molecular weight excluding hydrogens is 180 g/mol. The first-order valence-electron chi connectivity index (χ1n) is 5.25. The highest BCUT2D eigenvalue weighted by Crippen LogP contribution is 1.94. The fraction of sp³-hybridized carbons (Fsp3) is 0.800. The van der Waals surface area contributed by atoms with Crippen LogP contribution in [0.2, 0.25) is 0 Å². The maximum absolute atomic E-state index is 11.1. The second-order valence-electron chi connectivity index (χ2n) is 3.23. The Bertz CT molecular complexity index is 160. The summed E-state index contributed by atoms with van der Waals surface area (Å²) >= 11 is 0. The first-order valence-corrected chi connectivity index (χ1v) is 5.25. The first-order chi connectivity index (χ1) is 6.81. The third kappa shape index (κ3) is 9.03. The topological polar surface area (TPSA) is 58.2 Å². The zero-order valence-electron chi connectivity index (χ0n) is 8.84. The Balaban J connectivity index is 3.14. The smallest absolute Gasteiger partial charge is 0.219 e. The Morgan fingerprint density at radius 1 is 1.21 bits per heavy atom. The van der Waals surface area contributed by atoms with Gasteiger partial charge in [0.1, 0.15) is 0 Å². The van der Waals surface area contributed by atoms with Gasteiger partial charge in [0.05, 0.1) is 0 Å². The van der Waals surface area contributed by atoms with E-state index < -0.39 is 0 Å². The fourth-order valence-electron chi connectivity index (χ4n) is 1.06. The quantitative estimate of drug-likeness (QED) is 0.427. The predicted octanol–water partition coefficient (Wildman–Crippen LogP) is 0.819. The van der Waals surface area contributed by atoms with Gasteiger partial charge in [0.15, 0.2) is 0 Å². The molecule has 82 valence electrons. The molecule has 2 amide bonds. The van der Waals surface area contributed by atoms with E-state index >= 15 is 0 Å². The molecule has 0 aliphatic rings. The van der Waals surface area contributed by atoms with E-state index in [1.807, 2.05) is 0 Å². The fourth-order valence-corrected chi connectivity index (χ4v) is 1.06. The molecule has 0 aromatic heterocycles. The lowest BCUT2D eigenvalue weighted by Gasteiger charge is -2.03. The van der Waals surface area contributed by atoms with Crippen LogP contribution in [0.4, 0.5) is 0 Å². The molecule has 0 aromatic carbocycles. The van der Waals surface area contributed by atoms with Crippen molar-refractivity contribution in [1.29, 1.82) is 0 Å². The number of carbonyl (C=O) groups is 2. The zero-order valence-corrected chi connectivity index (χ0v) is 8.84. The van der Waals surface area contributed by atoms with Crippen molar-refractivity contribution in [2.24, 2.45) is 0 Å². The molecule has 4 heteroatoms. The molecule has 0 saturated carbocycles. The van der Waals surface area contributed by atoms with E-state index in [4.69, 9.17) is 0 Å². The van der Waals surface area contributed by atoms with Crippen LogP contribution in [0.1, 0.15) is 39.0 Å². The second kappa shape index (κ2) is 10.0. The van der Waals surface area contributed by atoms with Crippen LogP contribution in [0.15, 0.2) is 0 Å². The molecule has 0 spiro atoms. The van der Waals surface area contributed by atoms with Crippen LogP contribution in [0, 0.1) is 0 Å². The van der Waals surface area contributed by atoms with Crippen LogP contribution < -0.4 is 10.6 Å². The standard InChI is InChI=1S/C10H20N2O2/c1-2-3-8-12-10(14)6-4-5-7-11-9-13/h9H,2-8H2,1H3,(H,11,13)(H,12,14). The molecule has 2 N–H and O–H groups in total. The molecule has 0 aliphatic carbocycles. The van der Waals surface area contributed by atoms with E-state index in [9.17, 15) is 9.59 Å². The van der Waals surface area contributed by atoms with Gasteiger partial charge in [-0.05, 0) is 19.3 Å². The molecule has 0 aromatic rings. The molecular formula is C10H20N2O2. The summed E-state index contributed by atoms with van der Waals surface area (Å²) in [5, 5.41) is 5.41. The van der Waals surface area contributed by atoms with Crippen molar-refractivity contribution in [2.45, 2.75) is 39.0 Å². The molecule has 0 unspecified atom stereocenters. The summed E-state index contributed by atoms with van der Waals surface area (Å²) < 4.78 is 0. The summed E-state index contributed by atoms with van der Waals surface area (Å²) in [6.07, 6.45) is 5.08. The lowest BCUT2D eigenvalue weighted by molar-refractivity contribution is -0.121. The highest BCUT2D eigenvalue weighted by Gasteiger charge is 1.98. The minimum Gasteiger partial charge on any atom is -0.359 e. The van der Waals surface area contributed by atoms with Crippen LogP contribution in [-0.2, 0) is 9.59 Å². The lowest BCUT2D eigenvalue weighted by atomic mass is 10.2. The molecule has 0 radical (unpaired) electrons. The number of amides is 2. The van der Waals surface area contributed by atoms with Crippen molar-refractivity contribution in [2.75, 3.05) is 13.1 Å². The van der Waals surface area contributed by atoms with Crippen LogP contribution in [0.25, 0.3) is 0 Å². The van der Waals surface area contributed by atoms with Crippen LogP contribution >= 0.6 is 0 Å². The molecule has 4 nitrogen and oxygen atoms in total. The highest BCUT2D eigenvalue weighted by atomic mass is 16.1. The maximum atomic E-state index is 11.1. The molecule has 0 atom stereocenters. The highest BCUT2D eigenvalue weighted by molar-refractivity contribution is 5.75. The molecule has 14 heavy (non-hydrogen) atoms. The normalized spacial score (nSPS) is 9.50. The van der Waals surface area contributed by atoms with Gasteiger partial charge in [-0.3, -0.25) is 9.59 Å². The summed E-state index contributed by atoms with van der Waals surface area (Å²) in [6, 6.07) is 0. The maximum Gasteiger partial charge on any atom is 0.219 e. The van der Waals surface area contributed by atoms with Gasteiger partial charge in [-0.2, -0.15) is 0 Å². The molecule has 0 saturated heterocycles. The average Bonchev–Trinajstić information content (AvgIpc) is 2.18. The first kappa shape index (κ1) is 12.9. The monoisotopic (exact) mass is 200 g/mol. The Morgan fingerprint density at radius 2 is 2.00 bits per heavy atom. The van der Waals surface area contributed by atoms with E-state index in [1.54, 1.807) is 0 Å². The van der Waals surface area contributed by atoms with E-state index in [0.717, 1.165) is 32.2 Å². The zero-order chi connectivity index (χ0) is 10.6. The van der Waals surface area contributed by atoms with Crippen molar-refractivity contribution in [3.63, 3.8) is 0 Å². The predicted molar refractivity (Wildman–Crippen MR) is 55.8 cm³/mol. The van der Waals surface area contributed by atoms with Gasteiger partial charge in [-0.25, -0.2) is 0 Å². The summed E-state index contributed by atoms with van der Waals surface area (Å²) in [7, 11) is 0. The number of nitrogens with one attached hydrogen (secondary N) is 2. The van der Waals surface area contributed by atoms with Crippen molar-refractivity contribution < 1.29 is 9.59 Å². The number of hydrogen-bond acceptors (Lipinski definition) is 2. The summed E-state index contributed by atoms with van der Waals surface area (Å²) in [5.74, 6) is 0.115. The van der Waals surface area contributed by atoms with Gasteiger partial charge in [-0.15, -0.1) is 0 Å². The van der Waals surface area contributed by atoms with E-state index in [1.165, 1.54) is 0 Å². The van der Waals surface area contributed by atoms with Gasteiger partial charge in [0.2, 0.25) is 12.3 Å². The van der Waals surface area contributed by atoms with Crippen molar-refractivity contribution in [3.05, 3.63) is 0 Å². The SMILES string of the molecule is CCCCNC(=O)CCCCNC=O. The molecule has 0 rings (SSSR count). The summed E-state index contributed by atoms with van der Waals surface area (Å²) in [6.45, 7) is 3.53. The minimum absolute atomic E-state index is 0.115. The molecule has 0 bridgehead atoms. The van der Waals surface area contributed by atoms with Crippen molar-refractivity contribution in [3.8, 4) is 0 Å². The lowest BCUT2D eigenvalue weighted by Crippen LogP contribution is -2.24. The third-order valence-corrected chi connectivity index (χ3v) is 1.91. The third-order valence-electron chi connectivity index (χ3n) is 1.91. The van der Waals surface area contributed by atoms with Gasteiger partial charge in [-0.1, -0.05) is 13.3 Å². The van der Waals surface area contributed by atoms with Crippen molar-refractivity contribution >= 4 is 12.3 Å². The average molecular weight is 200 g/mol. The van der Waals surface area contributed by atoms with Crippen LogP contribution in [0.3, 0.4) is 0 Å². The van der Waals surface area contributed by atoms with Crippen molar-refractivity contribution in [1.82, 2.24) is 10.6 Å². The Morgan fingerprint density at radius 3 is 2.64 bits per heavy atom. The van der Waals surface area contributed by atoms with Gasteiger partial charge < -0.3 is 10.6 Å². The van der Waals surface area contributed by atoms with Gasteiger partial charge >= 0.3 is 0 Å². The number of carbonyl (C=O) groups excluding carboxylic acids is 2. The van der Waals surface area contributed by atoms with E-state index in [-0.39, 0.29) is 5.91 Å². The summed E-state index contributed by atoms with van der Waals surface area (Å²) in [4.78, 5) is 21.0. The Kier molecular flexibility index (Phi) is 9.26. The molecule has 0 aliphatic heterocycles. The number of hydrogen-bond donors (Lipinski definition) is 2. The van der Waals surface area contributed by atoms with E-state index in [0.29, 0.717) is 19.4 Å². The second-order valence-corrected chi connectivity index (χ2v) is 3.23. The largest absolute Gasteiger partial charge is 0.359 e. The Hall–Kier alpha value is -1.06.